The van der Waals surface area contributed by atoms with Gasteiger partial charge in [-0.1, -0.05) is 6.92 Å². The van der Waals surface area contributed by atoms with E-state index >= 15 is 0 Å². The highest BCUT2D eigenvalue weighted by atomic mass is 32.1. The van der Waals surface area contributed by atoms with Crippen molar-refractivity contribution < 1.29 is 0 Å². The van der Waals surface area contributed by atoms with E-state index in [4.69, 9.17) is 0 Å². The highest BCUT2D eigenvalue weighted by molar-refractivity contribution is 7.10. The molecule has 2 nitrogen and oxygen atoms in total. The summed E-state index contributed by atoms with van der Waals surface area (Å²) >= 11 is 1.85. The molecule has 1 N–H and O–H groups in total. The lowest BCUT2D eigenvalue weighted by molar-refractivity contribution is 0.313. The Morgan fingerprint density at radius 2 is 2.29 bits per heavy atom. The standard InChI is InChI=1S/C14H24N2S/c1-11-4-7-17-14(11)9-15-5-6-16(3)10-13-8-12(13)2/h4,7,12-13,15H,5-6,8-10H2,1-3H3. The molecule has 0 amide bonds. The fraction of sp³-hybridized carbons (Fsp3) is 0.714. The zero-order valence-corrected chi connectivity index (χ0v) is 12.0. The van der Waals surface area contributed by atoms with Crippen LogP contribution >= 0.6 is 11.3 Å². The summed E-state index contributed by atoms with van der Waals surface area (Å²) in [6.07, 6.45) is 1.44. The zero-order valence-electron chi connectivity index (χ0n) is 11.2. The molecule has 1 aromatic rings. The Hall–Kier alpha value is -0.380. The van der Waals surface area contributed by atoms with E-state index in [0.29, 0.717) is 0 Å². The van der Waals surface area contributed by atoms with Gasteiger partial charge >= 0.3 is 0 Å². The maximum Gasteiger partial charge on any atom is 0.0302 e. The first-order valence-electron chi connectivity index (χ1n) is 6.59. The largest absolute Gasteiger partial charge is 0.311 e. The third kappa shape index (κ3) is 4.09. The molecule has 3 heteroatoms. The molecule has 1 aliphatic carbocycles. The fourth-order valence-corrected chi connectivity index (χ4v) is 3.08. The molecule has 0 saturated heterocycles. The highest BCUT2D eigenvalue weighted by Gasteiger charge is 2.32. The van der Waals surface area contributed by atoms with Gasteiger partial charge in [-0.2, -0.15) is 0 Å². The van der Waals surface area contributed by atoms with Crippen molar-refractivity contribution in [2.75, 3.05) is 26.7 Å². The van der Waals surface area contributed by atoms with E-state index in [1.807, 2.05) is 11.3 Å². The summed E-state index contributed by atoms with van der Waals surface area (Å²) in [4.78, 5) is 3.94. The Bertz CT molecular complexity index is 348. The van der Waals surface area contributed by atoms with Gasteiger partial charge < -0.3 is 10.2 Å². The molecular formula is C14H24N2S. The van der Waals surface area contributed by atoms with Gasteiger partial charge in [0.15, 0.2) is 0 Å². The first-order valence-corrected chi connectivity index (χ1v) is 7.47. The Morgan fingerprint density at radius 3 is 2.88 bits per heavy atom. The van der Waals surface area contributed by atoms with E-state index < -0.39 is 0 Å². The number of thiophene rings is 1. The lowest BCUT2D eigenvalue weighted by atomic mass is 10.3. The minimum atomic E-state index is 0.971. The lowest BCUT2D eigenvalue weighted by Crippen LogP contribution is -2.30. The molecular weight excluding hydrogens is 228 g/mol. The molecule has 0 radical (unpaired) electrons. The van der Waals surface area contributed by atoms with Crippen molar-refractivity contribution in [3.63, 3.8) is 0 Å². The van der Waals surface area contributed by atoms with Crippen LogP contribution in [0.1, 0.15) is 23.8 Å². The summed E-state index contributed by atoms with van der Waals surface area (Å²) < 4.78 is 0. The average molecular weight is 252 g/mol. The summed E-state index contributed by atoms with van der Waals surface area (Å²) in [5, 5.41) is 5.71. The van der Waals surface area contributed by atoms with Crippen molar-refractivity contribution in [1.29, 1.82) is 0 Å². The van der Waals surface area contributed by atoms with Crippen LogP contribution in [0.5, 0.6) is 0 Å². The SMILES string of the molecule is Cc1ccsc1CNCCN(C)CC1CC1C. The monoisotopic (exact) mass is 252 g/mol. The van der Waals surface area contributed by atoms with E-state index in [0.717, 1.165) is 31.5 Å². The number of hydrogen-bond acceptors (Lipinski definition) is 3. The number of aryl methyl sites for hydroxylation is 1. The van der Waals surface area contributed by atoms with Crippen LogP contribution in [0, 0.1) is 18.8 Å². The Labute approximate surface area is 109 Å². The van der Waals surface area contributed by atoms with Crippen LogP contribution in [-0.2, 0) is 6.54 Å². The minimum absolute atomic E-state index is 0.971. The van der Waals surface area contributed by atoms with Gasteiger partial charge in [0.1, 0.15) is 0 Å². The molecule has 1 aliphatic rings. The predicted molar refractivity (Wildman–Crippen MR) is 75.5 cm³/mol. The predicted octanol–water partition coefficient (Wildman–Crippen LogP) is 2.73. The quantitative estimate of drug-likeness (QED) is 0.751. The van der Waals surface area contributed by atoms with E-state index in [2.05, 4.69) is 42.6 Å². The maximum absolute atomic E-state index is 3.53. The number of likely N-dealkylation sites (N-methyl/N-ethyl adjacent to an activating group) is 1. The second-order valence-corrected chi connectivity index (χ2v) is 6.44. The highest BCUT2D eigenvalue weighted by Crippen LogP contribution is 2.37. The molecule has 2 unspecified atom stereocenters. The molecule has 1 fully saturated rings. The molecule has 2 atom stereocenters. The van der Waals surface area contributed by atoms with Gasteiger partial charge in [0, 0.05) is 31.1 Å². The Kier molecular flexibility index (Phi) is 4.60. The summed E-state index contributed by atoms with van der Waals surface area (Å²) in [7, 11) is 2.24. The smallest absolute Gasteiger partial charge is 0.0302 e. The second-order valence-electron chi connectivity index (χ2n) is 5.44. The van der Waals surface area contributed by atoms with E-state index in [9.17, 15) is 0 Å². The normalized spacial score (nSPS) is 23.3. The van der Waals surface area contributed by atoms with Gasteiger partial charge in [-0.25, -0.2) is 0 Å². The molecule has 96 valence electrons. The molecule has 0 spiro atoms. The van der Waals surface area contributed by atoms with Crippen molar-refractivity contribution in [3.05, 3.63) is 21.9 Å². The van der Waals surface area contributed by atoms with Crippen LogP contribution in [0.3, 0.4) is 0 Å². The third-order valence-electron chi connectivity index (χ3n) is 3.75. The molecule has 0 bridgehead atoms. The van der Waals surface area contributed by atoms with Crippen molar-refractivity contribution in [3.8, 4) is 0 Å². The Morgan fingerprint density at radius 1 is 1.53 bits per heavy atom. The van der Waals surface area contributed by atoms with Crippen LogP contribution < -0.4 is 5.32 Å². The van der Waals surface area contributed by atoms with Crippen LogP contribution in [0.4, 0.5) is 0 Å². The van der Waals surface area contributed by atoms with Gasteiger partial charge in [-0.05, 0) is 49.2 Å². The van der Waals surface area contributed by atoms with E-state index in [1.54, 1.807) is 0 Å². The first-order chi connectivity index (χ1) is 8.16. The van der Waals surface area contributed by atoms with E-state index in [1.165, 1.54) is 23.4 Å². The van der Waals surface area contributed by atoms with Crippen molar-refractivity contribution >= 4 is 11.3 Å². The molecule has 2 rings (SSSR count). The van der Waals surface area contributed by atoms with Crippen molar-refractivity contribution in [1.82, 2.24) is 10.2 Å². The van der Waals surface area contributed by atoms with Crippen LogP contribution in [0.25, 0.3) is 0 Å². The number of rotatable bonds is 7. The molecule has 1 saturated carbocycles. The second kappa shape index (κ2) is 5.98. The van der Waals surface area contributed by atoms with Crippen molar-refractivity contribution in [2.24, 2.45) is 11.8 Å². The maximum atomic E-state index is 3.53. The average Bonchev–Trinajstić information content (AvgIpc) is 2.81. The molecule has 0 aliphatic heterocycles. The minimum Gasteiger partial charge on any atom is -0.311 e. The summed E-state index contributed by atoms with van der Waals surface area (Å²) in [5.41, 5.74) is 1.42. The number of nitrogens with zero attached hydrogens (tertiary/aromatic N) is 1. The number of nitrogens with one attached hydrogen (secondary N) is 1. The first kappa shape index (κ1) is 13.1. The van der Waals surface area contributed by atoms with Gasteiger partial charge in [-0.15, -0.1) is 11.3 Å². The molecule has 1 heterocycles. The van der Waals surface area contributed by atoms with Crippen molar-refractivity contribution in [2.45, 2.75) is 26.8 Å². The van der Waals surface area contributed by atoms with Crippen LogP contribution in [0.2, 0.25) is 0 Å². The van der Waals surface area contributed by atoms with Gasteiger partial charge in [-0.3, -0.25) is 0 Å². The van der Waals surface area contributed by atoms with Crippen LogP contribution in [0.15, 0.2) is 11.4 Å². The molecule has 17 heavy (non-hydrogen) atoms. The number of hydrogen-bond donors (Lipinski definition) is 1. The molecule has 1 aromatic heterocycles. The molecule has 0 aromatic carbocycles. The Balaban J connectivity index is 1.55. The topological polar surface area (TPSA) is 15.3 Å². The van der Waals surface area contributed by atoms with Crippen LogP contribution in [-0.4, -0.2) is 31.6 Å². The van der Waals surface area contributed by atoms with E-state index in [-0.39, 0.29) is 0 Å². The zero-order chi connectivity index (χ0) is 12.3. The summed E-state index contributed by atoms with van der Waals surface area (Å²) in [6, 6.07) is 2.20. The summed E-state index contributed by atoms with van der Waals surface area (Å²) in [6.45, 7) is 9.10. The van der Waals surface area contributed by atoms with Gasteiger partial charge in [0.05, 0.1) is 0 Å². The third-order valence-corrected chi connectivity index (χ3v) is 4.77. The van der Waals surface area contributed by atoms with Gasteiger partial charge in [0.25, 0.3) is 0 Å². The fourth-order valence-electron chi connectivity index (χ4n) is 2.20. The van der Waals surface area contributed by atoms with Gasteiger partial charge in [0.2, 0.25) is 0 Å². The summed E-state index contributed by atoms with van der Waals surface area (Å²) in [5.74, 6) is 1.94. The lowest BCUT2D eigenvalue weighted by Gasteiger charge is -2.16.